The van der Waals surface area contributed by atoms with Crippen molar-refractivity contribution < 1.29 is 9.53 Å². The van der Waals surface area contributed by atoms with Crippen LogP contribution in [0.3, 0.4) is 0 Å². The molecular weight excluding hydrogens is 316 g/mol. The van der Waals surface area contributed by atoms with Gasteiger partial charge < -0.3 is 10.1 Å². The average Bonchev–Trinajstić information content (AvgIpc) is 2.57. The van der Waals surface area contributed by atoms with E-state index in [1.807, 2.05) is 18.2 Å². The van der Waals surface area contributed by atoms with Crippen molar-refractivity contribution in [3.63, 3.8) is 0 Å². The van der Waals surface area contributed by atoms with Crippen LogP contribution in [0.1, 0.15) is 5.56 Å². The summed E-state index contributed by atoms with van der Waals surface area (Å²) < 4.78 is 5.98. The van der Waals surface area contributed by atoms with Crippen molar-refractivity contribution in [1.82, 2.24) is 10.2 Å². The van der Waals surface area contributed by atoms with E-state index >= 15 is 0 Å². The number of hydrogen-bond acceptors (Lipinski definition) is 3. The molecule has 18 heavy (non-hydrogen) atoms. The van der Waals surface area contributed by atoms with Gasteiger partial charge in [0.15, 0.2) is 5.11 Å². The highest BCUT2D eigenvalue weighted by atomic mass is 79.9. The SMILES string of the molecule is COc1ccc(/C=C2\NC(=S)N(C)C2=O)cc1Br. The molecule has 4 nitrogen and oxygen atoms in total. The molecular formula is C12H11BrN2O2S. The van der Waals surface area contributed by atoms with Crippen LogP contribution in [0.5, 0.6) is 5.75 Å². The van der Waals surface area contributed by atoms with E-state index in [0.29, 0.717) is 10.8 Å². The largest absolute Gasteiger partial charge is 0.496 e. The van der Waals surface area contributed by atoms with E-state index in [4.69, 9.17) is 17.0 Å². The van der Waals surface area contributed by atoms with Gasteiger partial charge in [-0.05, 0) is 51.9 Å². The van der Waals surface area contributed by atoms with Gasteiger partial charge in [0.25, 0.3) is 5.91 Å². The second-order valence-corrected chi connectivity index (χ2v) is 4.99. The van der Waals surface area contributed by atoms with Gasteiger partial charge in [-0.25, -0.2) is 0 Å². The monoisotopic (exact) mass is 326 g/mol. The van der Waals surface area contributed by atoms with Crippen LogP contribution in [0.15, 0.2) is 28.4 Å². The Morgan fingerprint density at radius 3 is 2.72 bits per heavy atom. The highest BCUT2D eigenvalue weighted by molar-refractivity contribution is 9.10. The van der Waals surface area contributed by atoms with Crippen LogP contribution in [0.4, 0.5) is 0 Å². The third-order valence-electron chi connectivity index (χ3n) is 2.57. The number of carbonyl (C=O) groups excluding carboxylic acids is 1. The molecule has 94 valence electrons. The molecule has 2 rings (SSSR count). The first-order valence-corrected chi connectivity index (χ1v) is 6.37. The summed E-state index contributed by atoms with van der Waals surface area (Å²) in [4.78, 5) is 13.2. The fraction of sp³-hybridized carbons (Fsp3) is 0.167. The Bertz CT molecular complexity index is 557. The maximum atomic E-state index is 11.8. The molecule has 6 heteroatoms. The van der Waals surface area contributed by atoms with E-state index in [1.54, 1.807) is 20.2 Å². The van der Waals surface area contributed by atoms with Crippen molar-refractivity contribution in [2.45, 2.75) is 0 Å². The lowest BCUT2D eigenvalue weighted by molar-refractivity contribution is -0.121. The molecule has 1 aliphatic heterocycles. The molecule has 0 saturated carbocycles. The molecule has 0 aliphatic carbocycles. The van der Waals surface area contributed by atoms with E-state index in [-0.39, 0.29) is 5.91 Å². The summed E-state index contributed by atoms with van der Waals surface area (Å²) in [6, 6.07) is 5.58. The average molecular weight is 327 g/mol. The molecule has 0 bridgehead atoms. The van der Waals surface area contributed by atoms with Crippen LogP contribution in [-0.4, -0.2) is 30.1 Å². The minimum atomic E-state index is -0.132. The molecule has 0 aromatic heterocycles. The van der Waals surface area contributed by atoms with E-state index in [2.05, 4.69) is 21.2 Å². The fourth-order valence-electron chi connectivity index (χ4n) is 1.56. The van der Waals surface area contributed by atoms with E-state index in [9.17, 15) is 4.79 Å². The summed E-state index contributed by atoms with van der Waals surface area (Å²) in [6.45, 7) is 0. The predicted octanol–water partition coefficient (Wildman–Crippen LogP) is 2.15. The number of halogens is 1. The summed E-state index contributed by atoms with van der Waals surface area (Å²) in [5.74, 6) is 0.613. The molecule has 1 saturated heterocycles. The van der Waals surface area contributed by atoms with E-state index in [0.717, 1.165) is 15.8 Å². The van der Waals surface area contributed by atoms with E-state index < -0.39 is 0 Å². The van der Waals surface area contributed by atoms with Crippen molar-refractivity contribution in [3.05, 3.63) is 33.9 Å². The Morgan fingerprint density at radius 1 is 1.50 bits per heavy atom. The fourth-order valence-corrected chi connectivity index (χ4v) is 2.31. The minimum absolute atomic E-state index is 0.132. The molecule has 0 atom stereocenters. The maximum Gasteiger partial charge on any atom is 0.276 e. The number of thiocarbonyl (C=S) groups is 1. The number of likely N-dealkylation sites (N-methyl/N-ethyl adjacent to an activating group) is 1. The first-order chi connectivity index (χ1) is 8.52. The zero-order valence-electron chi connectivity index (χ0n) is 9.86. The normalized spacial score (nSPS) is 17.3. The van der Waals surface area contributed by atoms with Crippen molar-refractivity contribution in [2.24, 2.45) is 0 Å². The Balaban J connectivity index is 2.32. The van der Waals surface area contributed by atoms with Gasteiger partial charge in [-0.2, -0.15) is 0 Å². The highest BCUT2D eigenvalue weighted by Crippen LogP contribution is 2.26. The van der Waals surface area contributed by atoms with Gasteiger partial charge >= 0.3 is 0 Å². The molecule has 1 aromatic rings. The van der Waals surface area contributed by atoms with Crippen LogP contribution in [0.25, 0.3) is 6.08 Å². The van der Waals surface area contributed by atoms with Crippen molar-refractivity contribution >= 4 is 45.2 Å². The molecule has 1 fully saturated rings. The Labute approximate surface area is 119 Å². The zero-order chi connectivity index (χ0) is 13.3. The molecule has 0 radical (unpaired) electrons. The number of nitrogens with one attached hydrogen (secondary N) is 1. The summed E-state index contributed by atoms with van der Waals surface area (Å²) in [5, 5.41) is 3.29. The third-order valence-corrected chi connectivity index (χ3v) is 3.56. The van der Waals surface area contributed by atoms with Crippen LogP contribution < -0.4 is 10.1 Å². The van der Waals surface area contributed by atoms with Gasteiger partial charge in [-0.3, -0.25) is 9.69 Å². The number of ether oxygens (including phenoxy) is 1. The highest BCUT2D eigenvalue weighted by Gasteiger charge is 2.26. The number of benzene rings is 1. The predicted molar refractivity (Wildman–Crippen MR) is 77.2 cm³/mol. The number of rotatable bonds is 2. The molecule has 1 aromatic carbocycles. The second-order valence-electron chi connectivity index (χ2n) is 3.75. The van der Waals surface area contributed by atoms with Gasteiger partial charge in [0, 0.05) is 7.05 Å². The summed E-state index contributed by atoms with van der Waals surface area (Å²) in [7, 11) is 3.25. The Kier molecular flexibility index (Phi) is 3.68. The van der Waals surface area contributed by atoms with Crippen molar-refractivity contribution in [1.29, 1.82) is 0 Å². The van der Waals surface area contributed by atoms with Gasteiger partial charge in [0.05, 0.1) is 11.6 Å². The van der Waals surface area contributed by atoms with Gasteiger partial charge in [-0.1, -0.05) is 6.07 Å². The topological polar surface area (TPSA) is 41.6 Å². The van der Waals surface area contributed by atoms with Crippen LogP contribution >= 0.6 is 28.1 Å². The molecule has 0 unspecified atom stereocenters. The zero-order valence-corrected chi connectivity index (χ0v) is 12.3. The number of carbonyl (C=O) groups is 1. The van der Waals surface area contributed by atoms with Crippen molar-refractivity contribution in [3.8, 4) is 5.75 Å². The molecule has 1 heterocycles. The summed E-state index contributed by atoms with van der Waals surface area (Å²) in [5.41, 5.74) is 1.36. The number of hydrogen-bond donors (Lipinski definition) is 1. The van der Waals surface area contributed by atoms with Crippen LogP contribution in [0.2, 0.25) is 0 Å². The molecule has 1 N–H and O–H groups in total. The molecule has 1 aliphatic rings. The number of amides is 1. The minimum Gasteiger partial charge on any atom is -0.496 e. The summed E-state index contributed by atoms with van der Waals surface area (Å²) in [6.07, 6.45) is 1.75. The molecule has 1 amide bonds. The lowest BCUT2D eigenvalue weighted by Crippen LogP contribution is -2.25. The Hall–Kier alpha value is -1.40. The standard InChI is InChI=1S/C12H11BrN2O2S/c1-15-11(16)9(14-12(15)18)6-7-3-4-10(17-2)8(13)5-7/h3-6H,1-2H3,(H,14,18)/b9-6-. The van der Waals surface area contributed by atoms with Crippen molar-refractivity contribution in [2.75, 3.05) is 14.2 Å². The van der Waals surface area contributed by atoms with Gasteiger partial charge in [0.1, 0.15) is 11.4 Å². The first-order valence-electron chi connectivity index (χ1n) is 5.17. The first kappa shape index (κ1) is 13.0. The van der Waals surface area contributed by atoms with Gasteiger partial charge in [-0.15, -0.1) is 0 Å². The number of nitrogens with zero attached hydrogens (tertiary/aromatic N) is 1. The Morgan fingerprint density at radius 2 is 2.22 bits per heavy atom. The lowest BCUT2D eigenvalue weighted by atomic mass is 10.2. The second kappa shape index (κ2) is 5.07. The summed E-state index contributed by atoms with van der Waals surface area (Å²) >= 11 is 8.40. The quantitative estimate of drug-likeness (QED) is 0.668. The molecule has 0 spiro atoms. The van der Waals surface area contributed by atoms with Crippen LogP contribution in [-0.2, 0) is 4.79 Å². The van der Waals surface area contributed by atoms with E-state index in [1.165, 1.54) is 4.90 Å². The smallest absolute Gasteiger partial charge is 0.276 e. The van der Waals surface area contributed by atoms with Gasteiger partial charge in [0.2, 0.25) is 0 Å². The lowest BCUT2D eigenvalue weighted by Gasteiger charge is -2.04. The third kappa shape index (κ3) is 2.39. The number of methoxy groups -OCH3 is 1. The van der Waals surface area contributed by atoms with Crippen LogP contribution in [0, 0.1) is 0 Å². The maximum absolute atomic E-state index is 11.8.